The molecular formula is C13H10N2OS2. The van der Waals surface area contributed by atoms with Crippen molar-refractivity contribution in [3.63, 3.8) is 0 Å². The van der Waals surface area contributed by atoms with Crippen molar-refractivity contribution in [3.8, 4) is 6.07 Å². The van der Waals surface area contributed by atoms with Gasteiger partial charge in [0.25, 0.3) is 5.91 Å². The maximum atomic E-state index is 11.8. The fourth-order valence-corrected chi connectivity index (χ4v) is 2.48. The second-order valence-electron chi connectivity index (χ2n) is 3.66. The van der Waals surface area contributed by atoms with E-state index in [1.54, 1.807) is 18.2 Å². The van der Waals surface area contributed by atoms with Crippen molar-refractivity contribution in [2.75, 3.05) is 0 Å². The van der Waals surface area contributed by atoms with E-state index in [0.29, 0.717) is 17.0 Å². The summed E-state index contributed by atoms with van der Waals surface area (Å²) >= 11 is 5.53. The molecule has 1 aromatic carbocycles. The average molecular weight is 274 g/mol. The van der Waals surface area contributed by atoms with E-state index in [0.717, 1.165) is 10.5 Å². The number of benzene rings is 1. The van der Waals surface area contributed by atoms with Gasteiger partial charge < -0.3 is 5.32 Å². The van der Waals surface area contributed by atoms with Crippen molar-refractivity contribution in [3.05, 3.63) is 51.7 Å². The van der Waals surface area contributed by atoms with E-state index >= 15 is 0 Å². The zero-order chi connectivity index (χ0) is 13.0. The number of nitriles is 1. The molecule has 0 aliphatic heterocycles. The van der Waals surface area contributed by atoms with Crippen LogP contribution in [-0.2, 0) is 6.54 Å². The smallest absolute Gasteiger partial charge is 0.261 e. The van der Waals surface area contributed by atoms with Crippen molar-refractivity contribution < 1.29 is 4.79 Å². The minimum atomic E-state index is -0.107. The molecule has 3 nitrogen and oxygen atoms in total. The first kappa shape index (κ1) is 12.7. The number of amides is 1. The molecular weight excluding hydrogens is 264 g/mol. The zero-order valence-corrected chi connectivity index (χ0v) is 11.1. The van der Waals surface area contributed by atoms with Gasteiger partial charge in [0.15, 0.2) is 0 Å². The van der Waals surface area contributed by atoms with Crippen LogP contribution < -0.4 is 5.32 Å². The number of carbonyl (C=O) groups excluding carboxylic acids is 1. The third-order valence-corrected chi connectivity index (χ3v) is 3.71. The van der Waals surface area contributed by atoms with E-state index in [1.807, 2.05) is 17.5 Å². The number of hydrogen-bond donors (Lipinski definition) is 2. The molecule has 0 radical (unpaired) electrons. The molecule has 0 atom stereocenters. The van der Waals surface area contributed by atoms with Crippen LogP contribution in [0.2, 0.25) is 0 Å². The monoisotopic (exact) mass is 274 g/mol. The molecule has 0 bridgehead atoms. The number of rotatable bonds is 3. The molecule has 0 fully saturated rings. The third-order valence-electron chi connectivity index (χ3n) is 2.35. The molecule has 0 aliphatic carbocycles. The lowest BCUT2D eigenvalue weighted by Crippen LogP contribution is -2.21. The molecule has 2 rings (SSSR count). The summed E-state index contributed by atoms with van der Waals surface area (Å²) in [6, 6.07) is 10.9. The van der Waals surface area contributed by atoms with E-state index in [1.165, 1.54) is 11.3 Å². The van der Waals surface area contributed by atoms with E-state index in [-0.39, 0.29) is 5.91 Å². The molecule has 0 saturated heterocycles. The SMILES string of the molecule is N#Cc1ccc(CNC(=O)c2cc(S)cs2)cc1. The zero-order valence-electron chi connectivity index (χ0n) is 9.38. The quantitative estimate of drug-likeness (QED) is 0.846. The Labute approximate surface area is 114 Å². The van der Waals surface area contributed by atoms with Crippen LogP contribution in [-0.4, -0.2) is 5.91 Å². The Bertz CT molecular complexity index is 596. The second-order valence-corrected chi connectivity index (χ2v) is 5.09. The van der Waals surface area contributed by atoms with Gasteiger partial charge in [0.05, 0.1) is 16.5 Å². The number of nitrogens with zero attached hydrogens (tertiary/aromatic N) is 1. The Morgan fingerprint density at radius 3 is 2.67 bits per heavy atom. The molecule has 0 aliphatic rings. The predicted octanol–water partition coefficient (Wildman–Crippen LogP) is 2.84. The van der Waals surface area contributed by atoms with Crippen LogP contribution in [0, 0.1) is 11.3 Å². The van der Waals surface area contributed by atoms with Crippen molar-refractivity contribution in [1.29, 1.82) is 5.26 Å². The number of thiophene rings is 1. The molecule has 5 heteroatoms. The molecule has 1 amide bonds. The topological polar surface area (TPSA) is 52.9 Å². The van der Waals surface area contributed by atoms with Gasteiger partial charge in [-0.3, -0.25) is 4.79 Å². The number of carbonyl (C=O) groups is 1. The summed E-state index contributed by atoms with van der Waals surface area (Å²) in [5.74, 6) is -0.107. The van der Waals surface area contributed by atoms with Gasteiger partial charge in [0.2, 0.25) is 0 Å². The molecule has 0 saturated carbocycles. The standard InChI is InChI=1S/C13H10N2OS2/c14-6-9-1-3-10(4-2-9)7-15-13(16)12-5-11(17)8-18-12/h1-5,8,17H,7H2,(H,15,16). The van der Waals surface area contributed by atoms with Crippen LogP contribution in [0.3, 0.4) is 0 Å². The van der Waals surface area contributed by atoms with Gasteiger partial charge in [-0.2, -0.15) is 5.26 Å². The molecule has 1 N–H and O–H groups in total. The van der Waals surface area contributed by atoms with Gasteiger partial charge in [0.1, 0.15) is 0 Å². The van der Waals surface area contributed by atoms with Gasteiger partial charge in [-0.05, 0) is 23.8 Å². The highest BCUT2D eigenvalue weighted by atomic mass is 32.1. The number of nitrogens with one attached hydrogen (secondary N) is 1. The molecule has 0 unspecified atom stereocenters. The first-order valence-electron chi connectivity index (χ1n) is 5.24. The molecule has 1 aromatic heterocycles. The molecule has 90 valence electrons. The van der Waals surface area contributed by atoms with E-state index in [9.17, 15) is 4.79 Å². The maximum Gasteiger partial charge on any atom is 0.261 e. The summed E-state index contributed by atoms with van der Waals surface area (Å²) in [7, 11) is 0. The summed E-state index contributed by atoms with van der Waals surface area (Å²) in [4.78, 5) is 13.2. The van der Waals surface area contributed by atoms with Gasteiger partial charge in [0, 0.05) is 16.8 Å². The lowest BCUT2D eigenvalue weighted by Gasteiger charge is -2.03. The normalized spacial score (nSPS) is 9.78. The van der Waals surface area contributed by atoms with Gasteiger partial charge in [-0.25, -0.2) is 0 Å². The highest BCUT2D eigenvalue weighted by Gasteiger charge is 2.07. The Balaban J connectivity index is 1.95. The van der Waals surface area contributed by atoms with E-state index in [2.05, 4.69) is 24.0 Å². The fourth-order valence-electron chi connectivity index (χ4n) is 1.41. The van der Waals surface area contributed by atoms with Crippen LogP contribution >= 0.6 is 24.0 Å². The number of hydrogen-bond acceptors (Lipinski definition) is 4. The summed E-state index contributed by atoms with van der Waals surface area (Å²) in [5, 5.41) is 13.3. The summed E-state index contributed by atoms with van der Waals surface area (Å²) in [6.45, 7) is 0.449. The molecule has 2 aromatic rings. The molecule has 0 spiro atoms. The van der Waals surface area contributed by atoms with E-state index < -0.39 is 0 Å². The lowest BCUT2D eigenvalue weighted by molar-refractivity contribution is 0.0955. The highest BCUT2D eigenvalue weighted by molar-refractivity contribution is 7.80. The van der Waals surface area contributed by atoms with Crippen molar-refractivity contribution >= 4 is 29.9 Å². The Hall–Kier alpha value is -1.77. The Morgan fingerprint density at radius 1 is 1.39 bits per heavy atom. The third kappa shape index (κ3) is 3.13. The summed E-state index contributed by atoms with van der Waals surface area (Å²) in [6.07, 6.45) is 0. The predicted molar refractivity (Wildman–Crippen MR) is 73.9 cm³/mol. The first-order valence-corrected chi connectivity index (χ1v) is 6.56. The molecule has 18 heavy (non-hydrogen) atoms. The summed E-state index contributed by atoms with van der Waals surface area (Å²) in [5.41, 5.74) is 1.58. The van der Waals surface area contributed by atoms with Crippen molar-refractivity contribution in [2.45, 2.75) is 11.4 Å². The van der Waals surface area contributed by atoms with Crippen molar-refractivity contribution in [1.82, 2.24) is 5.32 Å². The van der Waals surface area contributed by atoms with Crippen LogP contribution in [0.5, 0.6) is 0 Å². The minimum absolute atomic E-state index is 0.107. The van der Waals surface area contributed by atoms with E-state index in [4.69, 9.17) is 5.26 Å². The van der Waals surface area contributed by atoms with Gasteiger partial charge in [-0.15, -0.1) is 24.0 Å². The van der Waals surface area contributed by atoms with Crippen LogP contribution in [0.15, 0.2) is 40.6 Å². The maximum absolute atomic E-state index is 11.8. The fraction of sp³-hybridized carbons (Fsp3) is 0.0769. The van der Waals surface area contributed by atoms with Crippen LogP contribution in [0.25, 0.3) is 0 Å². The molecule has 1 heterocycles. The second kappa shape index (κ2) is 5.71. The Kier molecular flexibility index (Phi) is 4.03. The minimum Gasteiger partial charge on any atom is -0.347 e. The first-order chi connectivity index (χ1) is 8.69. The average Bonchev–Trinajstić information content (AvgIpc) is 2.83. The Morgan fingerprint density at radius 2 is 2.11 bits per heavy atom. The van der Waals surface area contributed by atoms with Crippen LogP contribution in [0.1, 0.15) is 20.8 Å². The number of thiol groups is 1. The highest BCUT2D eigenvalue weighted by Crippen LogP contribution is 2.17. The van der Waals surface area contributed by atoms with Gasteiger partial charge >= 0.3 is 0 Å². The lowest BCUT2D eigenvalue weighted by atomic mass is 10.1. The largest absolute Gasteiger partial charge is 0.347 e. The van der Waals surface area contributed by atoms with Crippen molar-refractivity contribution in [2.24, 2.45) is 0 Å². The summed E-state index contributed by atoms with van der Waals surface area (Å²) < 4.78 is 0. The van der Waals surface area contributed by atoms with Crippen LogP contribution in [0.4, 0.5) is 0 Å². The van der Waals surface area contributed by atoms with Gasteiger partial charge in [-0.1, -0.05) is 12.1 Å².